The molecule has 1 saturated carbocycles. The monoisotopic (exact) mass is 239 g/mol. The minimum absolute atomic E-state index is 0.356. The zero-order valence-corrected chi connectivity index (χ0v) is 9.77. The Balaban J connectivity index is 2.19. The average molecular weight is 239 g/mol. The summed E-state index contributed by atoms with van der Waals surface area (Å²) >= 11 is 0. The Kier molecular flexibility index (Phi) is 3.74. The Morgan fingerprint density at radius 1 is 1.18 bits per heavy atom. The highest BCUT2D eigenvalue weighted by atomic mass is 19.1. The second-order valence-electron chi connectivity index (χ2n) is 4.86. The molecule has 1 fully saturated rings. The SMILES string of the molecule is OC(c1cncc(F)c1)C1(O)CCCCCC1. The van der Waals surface area contributed by atoms with Crippen LogP contribution in [-0.2, 0) is 0 Å². The molecule has 0 spiro atoms. The molecule has 1 heterocycles. The van der Waals surface area contributed by atoms with Crippen molar-refractivity contribution < 1.29 is 14.6 Å². The van der Waals surface area contributed by atoms with Gasteiger partial charge in [-0.2, -0.15) is 0 Å². The summed E-state index contributed by atoms with van der Waals surface area (Å²) in [5, 5.41) is 20.7. The van der Waals surface area contributed by atoms with Gasteiger partial charge in [-0.05, 0) is 18.9 Å². The number of hydrogen-bond donors (Lipinski definition) is 2. The minimum atomic E-state index is -1.13. The number of nitrogens with zero attached hydrogens (tertiary/aromatic N) is 1. The van der Waals surface area contributed by atoms with Crippen molar-refractivity contribution in [2.75, 3.05) is 0 Å². The molecule has 1 aromatic heterocycles. The molecule has 1 aliphatic rings. The summed E-state index contributed by atoms with van der Waals surface area (Å²) in [6.45, 7) is 0. The molecule has 94 valence electrons. The number of pyridine rings is 1. The zero-order chi connectivity index (χ0) is 12.3. The molecule has 1 aliphatic carbocycles. The maximum absolute atomic E-state index is 13.0. The van der Waals surface area contributed by atoms with Gasteiger partial charge in [0.05, 0.1) is 11.8 Å². The van der Waals surface area contributed by atoms with Crippen molar-refractivity contribution >= 4 is 0 Å². The minimum Gasteiger partial charge on any atom is -0.387 e. The van der Waals surface area contributed by atoms with Crippen LogP contribution in [0.5, 0.6) is 0 Å². The van der Waals surface area contributed by atoms with Crippen LogP contribution in [0.4, 0.5) is 4.39 Å². The first-order valence-corrected chi connectivity index (χ1v) is 6.13. The van der Waals surface area contributed by atoms with E-state index >= 15 is 0 Å². The number of hydrogen-bond acceptors (Lipinski definition) is 3. The van der Waals surface area contributed by atoms with E-state index in [0.29, 0.717) is 18.4 Å². The number of rotatable bonds is 2. The third-order valence-electron chi connectivity index (χ3n) is 3.52. The van der Waals surface area contributed by atoms with Gasteiger partial charge >= 0.3 is 0 Å². The highest BCUT2D eigenvalue weighted by Crippen LogP contribution is 2.37. The molecule has 0 amide bonds. The second-order valence-corrected chi connectivity index (χ2v) is 4.86. The quantitative estimate of drug-likeness (QED) is 0.779. The van der Waals surface area contributed by atoms with Gasteiger partial charge in [-0.15, -0.1) is 0 Å². The number of aliphatic hydroxyl groups excluding tert-OH is 1. The fourth-order valence-corrected chi connectivity index (χ4v) is 2.50. The molecule has 0 saturated heterocycles. The van der Waals surface area contributed by atoms with Crippen LogP contribution in [0.3, 0.4) is 0 Å². The van der Waals surface area contributed by atoms with Gasteiger partial charge in [-0.1, -0.05) is 25.7 Å². The van der Waals surface area contributed by atoms with Crippen molar-refractivity contribution in [3.8, 4) is 0 Å². The summed E-state index contributed by atoms with van der Waals surface area (Å²) in [4.78, 5) is 3.71. The van der Waals surface area contributed by atoms with E-state index in [1.807, 2.05) is 0 Å². The van der Waals surface area contributed by atoms with E-state index in [1.54, 1.807) is 0 Å². The van der Waals surface area contributed by atoms with Crippen LogP contribution < -0.4 is 0 Å². The van der Waals surface area contributed by atoms with E-state index in [0.717, 1.165) is 31.9 Å². The van der Waals surface area contributed by atoms with Crippen molar-refractivity contribution in [1.82, 2.24) is 4.98 Å². The van der Waals surface area contributed by atoms with Crippen LogP contribution >= 0.6 is 0 Å². The Labute approximate surface area is 100 Å². The van der Waals surface area contributed by atoms with Crippen molar-refractivity contribution in [2.45, 2.75) is 50.2 Å². The van der Waals surface area contributed by atoms with E-state index in [-0.39, 0.29) is 0 Å². The van der Waals surface area contributed by atoms with Crippen molar-refractivity contribution in [2.24, 2.45) is 0 Å². The Morgan fingerprint density at radius 3 is 2.41 bits per heavy atom. The summed E-state index contributed by atoms with van der Waals surface area (Å²) in [5.74, 6) is -0.487. The van der Waals surface area contributed by atoms with Gasteiger partial charge in [0.2, 0.25) is 0 Å². The van der Waals surface area contributed by atoms with Gasteiger partial charge in [0, 0.05) is 11.8 Å². The fourth-order valence-electron chi connectivity index (χ4n) is 2.50. The third kappa shape index (κ3) is 2.82. The summed E-state index contributed by atoms with van der Waals surface area (Å²) < 4.78 is 13.0. The van der Waals surface area contributed by atoms with E-state index in [1.165, 1.54) is 12.3 Å². The highest BCUT2D eigenvalue weighted by molar-refractivity contribution is 5.17. The summed E-state index contributed by atoms with van der Waals surface area (Å²) in [6, 6.07) is 1.24. The molecule has 2 N–H and O–H groups in total. The standard InChI is InChI=1S/C13H18FNO2/c14-11-7-10(8-15-9-11)12(16)13(17)5-3-1-2-4-6-13/h7-9,12,16-17H,1-6H2. The van der Waals surface area contributed by atoms with Crippen LogP contribution in [0.1, 0.15) is 50.2 Å². The third-order valence-corrected chi connectivity index (χ3v) is 3.52. The van der Waals surface area contributed by atoms with E-state index in [4.69, 9.17) is 0 Å². The lowest BCUT2D eigenvalue weighted by molar-refractivity contribution is -0.0869. The van der Waals surface area contributed by atoms with Crippen LogP contribution in [0.2, 0.25) is 0 Å². The van der Waals surface area contributed by atoms with E-state index in [9.17, 15) is 14.6 Å². The molecule has 1 unspecified atom stereocenters. The molecule has 1 atom stereocenters. The molecule has 0 bridgehead atoms. The molecular weight excluding hydrogens is 221 g/mol. The van der Waals surface area contributed by atoms with E-state index < -0.39 is 17.5 Å². The first-order chi connectivity index (χ1) is 8.12. The number of halogens is 1. The first-order valence-electron chi connectivity index (χ1n) is 6.13. The van der Waals surface area contributed by atoms with Gasteiger partial charge in [0.15, 0.2) is 0 Å². The van der Waals surface area contributed by atoms with Gasteiger partial charge in [0.1, 0.15) is 11.9 Å². The molecule has 0 aromatic carbocycles. The molecular formula is C13H18FNO2. The highest BCUT2D eigenvalue weighted by Gasteiger charge is 2.37. The van der Waals surface area contributed by atoms with Crippen LogP contribution in [0.25, 0.3) is 0 Å². The number of aromatic nitrogens is 1. The Hall–Kier alpha value is -1.00. The summed E-state index contributed by atoms with van der Waals surface area (Å²) in [5.41, 5.74) is -0.777. The summed E-state index contributed by atoms with van der Waals surface area (Å²) in [6.07, 6.45) is 6.53. The number of aliphatic hydroxyl groups is 2. The average Bonchev–Trinajstić information content (AvgIpc) is 2.54. The largest absolute Gasteiger partial charge is 0.387 e. The molecule has 0 aliphatic heterocycles. The van der Waals surface area contributed by atoms with Crippen LogP contribution in [0.15, 0.2) is 18.5 Å². The predicted molar refractivity (Wildman–Crippen MR) is 61.8 cm³/mol. The van der Waals surface area contributed by atoms with Crippen LogP contribution in [-0.4, -0.2) is 20.8 Å². The lowest BCUT2D eigenvalue weighted by Crippen LogP contribution is -2.35. The van der Waals surface area contributed by atoms with Crippen molar-refractivity contribution in [3.63, 3.8) is 0 Å². The Bertz CT molecular complexity index is 375. The van der Waals surface area contributed by atoms with Crippen molar-refractivity contribution in [3.05, 3.63) is 29.8 Å². The lowest BCUT2D eigenvalue weighted by Gasteiger charge is -2.32. The molecule has 2 rings (SSSR count). The van der Waals surface area contributed by atoms with Crippen molar-refractivity contribution in [1.29, 1.82) is 0 Å². The normalized spacial score (nSPS) is 21.8. The molecule has 1 aromatic rings. The molecule has 0 radical (unpaired) electrons. The Morgan fingerprint density at radius 2 is 1.82 bits per heavy atom. The fraction of sp³-hybridized carbons (Fsp3) is 0.615. The van der Waals surface area contributed by atoms with E-state index in [2.05, 4.69) is 4.98 Å². The second kappa shape index (κ2) is 5.10. The zero-order valence-electron chi connectivity index (χ0n) is 9.77. The smallest absolute Gasteiger partial charge is 0.141 e. The molecule has 4 heteroatoms. The van der Waals surface area contributed by atoms with Gasteiger partial charge in [0.25, 0.3) is 0 Å². The molecule has 3 nitrogen and oxygen atoms in total. The maximum atomic E-state index is 13.0. The van der Waals surface area contributed by atoms with Gasteiger partial charge < -0.3 is 10.2 Å². The molecule has 17 heavy (non-hydrogen) atoms. The van der Waals surface area contributed by atoms with Crippen LogP contribution in [0, 0.1) is 5.82 Å². The first kappa shape index (κ1) is 12.5. The summed E-state index contributed by atoms with van der Waals surface area (Å²) in [7, 11) is 0. The maximum Gasteiger partial charge on any atom is 0.141 e. The van der Waals surface area contributed by atoms with Gasteiger partial charge in [-0.3, -0.25) is 4.98 Å². The lowest BCUT2D eigenvalue weighted by atomic mass is 9.85. The predicted octanol–water partition coefficient (Wildman–Crippen LogP) is 2.34. The van der Waals surface area contributed by atoms with Gasteiger partial charge in [-0.25, -0.2) is 4.39 Å². The topological polar surface area (TPSA) is 53.4 Å².